The first-order valence-corrected chi connectivity index (χ1v) is 8.64. The van der Waals surface area contributed by atoms with Crippen LogP contribution in [0.1, 0.15) is 6.92 Å². The molecule has 128 valence electrons. The summed E-state index contributed by atoms with van der Waals surface area (Å²) < 4.78 is 31.9. The maximum atomic E-state index is 13.5. The number of carbonyl (C=O) groups excluding carboxylic acids is 1. The summed E-state index contributed by atoms with van der Waals surface area (Å²) in [5, 5.41) is 2.68. The molecule has 0 spiro atoms. The first-order valence-electron chi connectivity index (χ1n) is 7.21. The molecule has 0 heterocycles. The number of hydrogen-bond acceptors (Lipinski definition) is 3. The highest BCUT2D eigenvalue weighted by molar-refractivity contribution is 8.00. The van der Waals surface area contributed by atoms with E-state index in [0.717, 1.165) is 12.1 Å². The zero-order valence-electron chi connectivity index (χ0n) is 12.9. The highest BCUT2D eigenvalue weighted by Crippen LogP contribution is 2.19. The van der Waals surface area contributed by atoms with Crippen LogP contribution >= 0.6 is 23.4 Å². The summed E-state index contributed by atoms with van der Waals surface area (Å²) in [4.78, 5) is 12.0. The molecule has 2 rings (SSSR count). The lowest BCUT2D eigenvalue weighted by Gasteiger charge is -2.13. The molecule has 0 saturated heterocycles. The summed E-state index contributed by atoms with van der Waals surface area (Å²) in [5.41, 5.74) is -0.0359. The van der Waals surface area contributed by atoms with Gasteiger partial charge in [0.25, 0.3) is 0 Å². The topological polar surface area (TPSA) is 38.3 Å². The van der Waals surface area contributed by atoms with Gasteiger partial charge in [-0.1, -0.05) is 11.6 Å². The number of hydrogen-bond donors (Lipinski definition) is 1. The quantitative estimate of drug-likeness (QED) is 0.713. The smallest absolute Gasteiger partial charge is 0.237 e. The van der Waals surface area contributed by atoms with E-state index in [-0.39, 0.29) is 11.6 Å². The van der Waals surface area contributed by atoms with Crippen molar-refractivity contribution < 1.29 is 18.3 Å². The number of halogens is 3. The van der Waals surface area contributed by atoms with E-state index in [2.05, 4.69) is 5.32 Å². The highest BCUT2D eigenvalue weighted by Gasteiger charge is 2.15. The van der Waals surface area contributed by atoms with Crippen molar-refractivity contribution in [3.8, 4) is 5.75 Å². The number of carbonyl (C=O) groups is 1. The fourth-order valence-corrected chi connectivity index (χ4v) is 2.69. The van der Waals surface area contributed by atoms with Gasteiger partial charge in [0.15, 0.2) is 0 Å². The molecule has 0 aromatic heterocycles. The van der Waals surface area contributed by atoms with E-state index in [1.54, 1.807) is 31.2 Å². The van der Waals surface area contributed by atoms with Crippen LogP contribution < -0.4 is 10.1 Å². The van der Waals surface area contributed by atoms with Gasteiger partial charge in [0.1, 0.15) is 17.4 Å². The van der Waals surface area contributed by atoms with Crippen molar-refractivity contribution in [3.05, 3.63) is 59.1 Å². The minimum absolute atomic E-state index is 0.0359. The second kappa shape index (κ2) is 8.89. The molecule has 3 nitrogen and oxygen atoms in total. The molecule has 1 N–H and O–H groups in total. The molecule has 0 aliphatic carbocycles. The number of thioether (sulfide) groups is 1. The van der Waals surface area contributed by atoms with Crippen LogP contribution in [-0.4, -0.2) is 23.5 Å². The van der Waals surface area contributed by atoms with Crippen LogP contribution in [0, 0.1) is 11.6 Å². The van der Waals surface area contributed by atoms with Gasteiger partial charge in [-0.25, -0.2) is 8.78 Å². The van der Waals surface area contributed by atoms with Gasteiger partial charge < -0.3 is 10.1 Å². The Morgan fingerprint density at radius 3 is 2.62 bits per heavy atom. The second-order valence-corrected chi connectivity index (χ2v) is 6.81. The van der Waals surface area contributed by atoms with Crippen LogP contribution in [0.5, 0.6) is 5.75 Å². The summed E-state index contributed by atoms with van der Waals surface area (Å²) in [6.45, 7) is 2.14. The third-order valence-electron chi connectivity index (χ3n) is 3.09. The Hall–Kier alpha value is -1.79. The molecule has 0 bridgehead atoms. The first-order chi connectivity index (χ1) is 11.5. The molecule has 7 heteroatoms. The SMILES string of the molecule is C[C@H](SCCOc1ccc(Cl)cc1)C(=O)Nc1ccc(F)cc1F. The van der Waals surface area contributed by atoms with Crippen LogP contribution in [0.3, 0.4) is 0 Å². The number of amides is 1. The molecule has 1 atom stereocenters. The Bertz CT molecular complexity index is 697. The number of rotatable bonds is 7. The molecule has 0 aliphatic rings. The van der Waals surface area contributed by atoms with Crippen molar-refractivity contribution in [1.82, 2.24) is 0 Å². The molecule has 24 heavy (non-hydrogen) atoms. The Balaban J connectivity index is 1.74. The number of nitrogens with one attached hydrogen (secondary N) is 1. The highest BCUT2D eigenvalue weighted by atomic mass is 35.5. The van der Waals surface area contributed by atoms with E-state index < -0.39 is 16.9 Å². The number of ether oxygens (including phenoxy) is 1. The van der Waals surface area contributed by atoms with Crippen molar-refractivity contribution in [1.29, 1.82) is 0 Å². The summed E-state index contributed by atoms with van der Waals surface area (Å²) in [5.74, 6) is -0.551. The minimum Gasteiger partial charge on any atom is -0.493 e. The Labute approximate surface area is 148 Å². The molecule has 0 saturated carbocycles. The van der Waals surface area contributed by atoms with Crippen LogP contribution in [-0.2, 0) is 4.79 Å². The lowest BCUT2D eigenvalue weighted by atomic mass is 10.3. The van der Waals surface area contributed by atoms with Gasteiger partial charge in [-0.15, -0.1) is 11.8 Å². The minimum atomic E-state index is -0.799. The Morgan fingerprint density at radius 2 is 1.96 bits per heavy atom. The van der Waals surface area contributed by atoms with Gasteiger partial charge in [0.2, 0.25) is 5.91 Å². The predicted molar refractivity (Wildman–Crippen MR) is 93.9 cm³/mol. The van der Waals surface area contributed by atoms with Gasteiger partial charge in [0, 0.05) is 16.8 Å². The molecule has 0 radical (unpaired) electrons. The monoisotopic (exact) mass is 371 g/mol. The molecular formula is C17H16ClF2NO2S. The average molecular weight is 372 g/mol. The Kier molecular flexibility index (Phi) is 6.87. The fourth-order valence-electron chi connectivity index (χ4n) is 1.82. The lowest BCUT2D eigenvalue weighted by molar-refractivity contribution is -0.115. The number of anilines is 1. The van der Waals surface area contributed by atoms with Crippen molar-refractivity contribution in [3.63, 3.8) is 0 Å². The van der Waals surface area contributed by atoms with Gasteiger partial charge in [-0.2, -0.15) is 0 Å². The van der Waals surface area contributed by atoms with Crippen LogP contribution in [0.2, 0.25) is 5.02 Å². The van der Waals surface area contributed by atoms with Gasteiger partial charge in [-0.05, 0) is 43.3 Å². The molecular weight excluding hydrogens is 356 g/mol. The van der Waals surface area contributed by atoms with Crippen LogP contribution in [0.4, 0.5) is 14.5 Å². The molecule has 0 fully saturated rings. The van der Waals surface area contributed by atoms with Crippen molar-refractivity contribution in [2.75, 3.05) is 17.7 Å². The third kappa shape index (κ3) is 5.69. The normalized spacial score (nSPS) is 11.8. The van der Waals surface area contributed by atoms with E-state index in [1.165, 1.54) is 17.8 Å². The maximum Gasteiger partial charge on any atom is 0.237 e. The number of benzene rings is 2. The fraction of sp³-hybridized carbons (Fsp3) is 0.235. The van der Waals surface area contributed by atoms with Gasteiger partial charge in [0.05, 0.1) is 17.5 Å². The maximum absolute atomic E-state index is 13.5. The summed E-state index contributed by atoms with van der Waals surface area (Å²) in [6.07, 6.45) is 0. The van der Waals surface area contributed by atoms with Crippen molar-refractivity contribution in [2.24, 2.45) is 0 Å². The van der Waals surface area contributed by atoms with Crippen molar-refractivity contribution >= 4 is 35.0 Å². The van der Waals surface area contributed by atoms with E-state index in [9.17, 15) is 13.6 Å². The van der Waals surface area contributed by atoms with Gasteiger partial charge in [-0.3, -0.25) is 4.79 Å². The van der Waals surface area contributed by atoms with Crippen LogP contribution in [0.25, 0.3) is 0 Å². The van der Waals surface area contributed by atoms with E-state index in [4.69, 9.17) is 16.3 Å². The summed E-state index contributed by atoms with van der Waals surface area (Å²) in [7, 11) is 0. The molecule has 1 amide bonds. The van der Waals surface area contributed by atoms with E-state index >= 15 is 0 Å². The van der Waals surface area contributed by atoms with E-state index in [0.29, 0.717) is 23.1 Å². The molecule has 2 aromatic carbocycles. The van der Waals surface area contributed by atoms with E-state index in [1.807, 2.05) is 0 Å². The predicted octanol–water partition coefficient (Wildman–Crippen LogP) is 4.76. The molecule has 0 unspecified atom stereocenters. The largest absolute Gasteiger partial charge is 0.493 e. The second-order valence-electron chi connectivity index (χ2n) is 4.93. The average Bonchev–Trinajstić information content (AvgIpc) is 2.55. The van der Waals surface area contributed by atoms with Crippen LogP contribution in [0.15, 0.2) is 42.5 Å². The third-order valence-corrected chi connectivity index (χ3v) is 4.46. The van der Waals surface area contributed by atoms with Crippen molar-refractivity contribution in [2.45, 2.75) is 12.2 Å². The lowest BCUT2D eigenvalue weighted by Crippen LogP contribution is -2.24. The standard InChI is InChI=1S/C17H16ClF2NO2S/c1-11(17(22)21-16-7-4-13(19)10-15(16)20)24-9-8-23-14-5-2-12(18)3-6-14/h2-7,10-11H,8-9H2,1H3,(H,21,22)/t11-/m0/s1. The molecule has 0 aliphatic heterocycles. The summed E-state index contributed by atoms with van der Waals surface area (Å²) >= 11 is 7.16. The zero-order valence-corrected chi connectivity index (χ0v) is 14.5. The molecule has 2 aromatic rings. The summed E-state index contributed by atoms with van der Waals surface area (Å²) in [6, 6.07) is 10.0. The van der Waals surface area contributed by atoms with Gasteiger partial charge >= 0.3 is 0 Å². The Morgan fingerprint density at radius 1 is 1.25 bits per heavy atom. The zero-order chi connectivity index (χ0) is 17.5. The first kappa shape index (κ1) is 18.5.